The third-order valence-corrected chi connectivity index (χ3v) is 1.88. The summed E-state index contributed by atoms with van der Waals surface area (Å²) in [5.74, 6) is 0.375. The summed E-state index contributed by atoms with van der Waals surface area (Å²) in [6.07, 6.45) is 0. The van der Waals surface area contributed by atoms with Crippen molar-refractivity contribution in [1.82, 2.24) is 0 Å². The molecule has 2 N–H and O–H groups in total. The Labute approximate surface area is 71.2 Å². The van der Waals surface area contributed by atoms with Gasteiger partial charge in [-0.3, -0.25) is 0 Å². The van der Waals surface area contributed by atoms with Crippen molar-refractivity contribution >= 4 is 13.9 Å². The molecule has 0 aliphatic carbocycles. The molecule has 0 saturated carbocycles. The van der Waals surface area contributed by atoms with Gasteiger partial charge in [0.25, 0.3) is 0 Å². The molecule has 0 fully saturated rings. The topological polar surface area (TPSA) is 61.5 Å². The lowest BCUT2D eigenvalue weighted by Crippen LogP contribution is -1.90. The zero-order chi connectivity index (χ0) is 8.97. The number of hydrogen-bond acceptors (Lipinski definition) is 4. The predicted octanol–water partition coefficient (Wildman–Crippen LogP) is 1.95. The van der Waals surface area contributed by atoms with Gasteiger partial charge in [-0.25, -0.2) is 4.52 Å². The molecular weight excluding hydrogens is 177 g/mol. The molecule has 0 amide bonds. The second kappa shape index (κ2) is 4.04. The first-order valence-corrected chi connectivity index (χ1v) is 4.37. The second-order valence-corrected chi connectivity index (χ2v) is 3.03. The number of nitrogens with two attached hydrogens (primary N) is 1. The molecule has 0 aliphatic rings. The Bertz CT molecular complexity index is 290. The normalized spacial score (nSPS) is 10.9. The summed E-state index contributed by atoms with van der Waals surface area (Å²) in [5, 5.41) is 0. The molecule has 0 heterocycles. The Hall–Kier alpha value is -1.12. The van der Waals surface area contributed by atoms with Crippen molar-refractivity contribution in [3.8, 4) is 5.75 Å². The summed E-state index contributed by atoms with van der Waals surface area (Å²) in [4.78, 5) is 0. The smallest absolute Gasteiger partial charge is 0.396 e. The largest absolute Gasteiger partial charge is 0.749 e. The molecule has 0 radical (unpaired) electrons. The number of anilines is 1. The van der Waals surface area contributed by atoms with E-state index in [1.807, 2.05) is 0 Å². The fourth-order valence-electron chi connectivity index (χ4n) is 0.681. The van der Waals surface area contributed by atoms with E-state index >= 15 is 0 Å². The van der Waals surface area contributed by atoms with Gasteiger partial charge in [0.1, 0.15) is 0 Å². The molecule has 5 heteroatoms. The van der Waals surface area contributed by atoms with Crippen LogP contribution in [0.4, 0.5) is 5.69 Å². The van der Waals surface area contributed by atoms with Gasteiger partial charge in [0.05, 0.1) is 12.8 Å². The van der Waals surface area contributed by atoms with Crippen LogP contribution in [-0.2, 0) is 9.09 Å². The van der Waals surface area contributed by atoms with Crippen LogP contribution in [0, 0.1) is 0 Å². The lowest BCUT2D eigenvalue weighted by atomic mass is 10.3. The highest BCUT2D eigenvalue weighted by Gasteiger charge is 2.20. The SMILES string of the molecule is CO[P+](=O)Oc1ccccc1N. The lowest BCUT2D eigenvalue weighted by Gasteiger charge is -1.95. The maximum Gasteiger partial charge on any atom is 0.749 e. The van der Waals surface area contributed by atoms with Crippen molar-refractivity contribution in [3.05, 3.63) is 24.3 Å². The van der Waals surface area contributed by atoms with Crippen molar-refractivity contribution in [2.24, 2.45) is 0 Å². The van der Waals surface area contributed by atoms with E-state index in [2.05, 4.69) is 4.52 Å². The fraction of sp³-hybridized carbons (Fsp3) is 0.143. The van der Waals surface area contributed by atoms with Gasteiger partial charge in [-0.2, -0.15) is 0 Å². The molecule has 0 aliphatic heterocycles. The summed E-state index contributed by atoms with van der Waals surface area (Å²) >= 11 is 0. The molecule has 4 nitrogen and oxygen atoms in total. The third kappa shape index (κ3) is 2.19. The van der Waals surface area contributed by atoms with Crippen molar-refractivity contribution < 1.29 is 13.6 Å². The quantitative estimate of drug-likeness (QED) is 0.578. The summed E-state index contributed by atoms with van der Waals surface area (Å²) in [6, 6.07) is 6.79. The second-order valence-electron chi connectivity index (χ2n) is 2.04. The summed E-state index contributed by atoms with van der Waals surface area (Å²) in [6.45, 7) is 0. The summed E-state index contributed by atoms with van der Waals surface area (Å²) in [5.41, 5.74) is 5.96. The fourth-order valence-corrected chi connectivity index (χ4v) is 1.08. The van der Waals surface area contributed by atoms with Gasteiger partial charge >= 0.3 is 8.25 Å². The Kier molecular flexibility index (Phi) is 3.02. The van der Waals surface area contributed by atoms with Crippen molar-refractivity contribution in [1.29, 1.82) is 0 Å². The number of hydrogen-bond donors (Lipinski definition) is 1. The molecule has 64 valence electrons. The van der Waals surface area contributed by atoms with Gasteiger partial charge in [-0.05, 0) is 12.1 Å². The van der Waals surface area contributed by atoms with Crippen molar-refractivity contribution in [2.45, 2.75) is 0 Å². The molecule has 0 saturated heterocycles. The predicted molar refractivity (Wildman–Crippen MR) is 46.1 cm³/mol. The molecule has 1 rings (SSSR count). The van der Waals surface area contributed by atoms with Crippen LogP contribution in [0.2, 0.25) is 0 Å². The molecule has 1 atom stereocenters. The number of nitrogen functional groups attached to an aromatic ring is 1. The minimum absolute atomic E-state index is 0.375. The van der Waals surface area contributed by atoms with E-state index in [1.54, 1.807) is 24.3 Å². The monoisotopic (exact) mass is 186 g/mol. The Morgan fingerprint density at radius 1 is 1.42 bits per heavy atom. The number of rotatable bonds is 3. The Morgan fingerprint density at radius 3 is 2.67 bits per heavy atom. The lowest BCUT2D eigenvalue weighted by molar-refractivity contribution is 0.349. The van der Waals surface area contributed by atoms with Gasteiger partial charge in [-0.15, -0.1) is 4.52 Å². The first-order valence-electron chi connectivity index (χ1n) is 3.28. The molecule has 1 aromatic carbocycles. The minimum Gasteiger partial charge on any atom is -0.396 e. The van der Waals surface area contributed by atoms with Gasteiger partial charge in [0, 0.05) is 4.57 Å². The molecule has 1 unspecified atom stereocenters. The van der Waals surface area contributed by atoms with E-state index in [9.17, 15) is 4.57 Å². The molecule has 1 aromatic rings. The van der Waals surface area contributed by atoms with Gasteiger partial charge < -0.3 is 5.73 Å². The van der Waals surface area contributed by atoms with Crippen molar-refractivity contribution in [3.63, 3.8) is 0 Å². The maximum absolute atomic E-state index is 10.8. The summed E-state index contributed by atoms with van der Waals surface area (Å²) in [7, 11) is -0.797. The van der Waals surface area contributed by atoms with Gasteiger partial charge in [0.2, 0.25) is 5.75 Å². The zero-order valence-corrected chi connectivity index (χ0v) is 7.45. The number of para-hydroxylation sites is 2. The van der Waals surface area contributed by atoms with Gasteiger partial charge in [0.15, 0.2) is 0 Å². The highest BCUT2D eigenvalue weighted by atomic mass is 31.1. The molecule has 12 heavy (non-hydrogen) atoms. The van der Waals surface area contributed by atoms with Crippen LogP contribution in [0.1, 0.15) is 0 Å². The van der Waals surface area contributed by atoms with Crippen molar-refractivity contribution in [2.75, 3.05) is 12.8 Å². The van der Waals surface area contributed by atoms with Crippen LogP contribution in [0.15, 0.2) is 24.3 Å². The average molecular weight is 186 g/mol. The summed E-state index contributed by atoms with van der Waals surface area (Å²) < 4.78 is 20.1. The van der Waals surface area contributed by atoms with E-state index in [0.29, 0.717) is 11.4 Å². The Balaban J connectivity index is 2.75. The van der Waals surface area contributed by atoms with E-state index in [1.165, 1.54) is 7.11 Å². The first-order chi connectivity index (χ1) is 5.74. The molecule has 0 aromatic heterocycles. The maximum atomic E-state index is 10.8. The van der Waals surface area contributed by atoms with Crippen LogP contribution in [0.3, 0.4) is 0 Å². The van der Waals surface area contributed by atoms with E-state index < -0.39 is 8.25 Å². The molecular formula is C7H9NO3P+. The average Bonchev–Trinajstić information content (AvgIpc) is 2.09. The zero-order valence-electron chi connectivity index (χ0n) is 6.56. The first kappa shape index (κ1) is 8.97. The van der Waals surface area contributed by atoms with E-state index in [0.717, 1.165) is 0 Å². The van der Waals surface area contributed by atoms with Crippen LogP contribution in [0.5, 0.6) is 5.75 Å². The van der Waals surface area contributed by atoms with Crippen LogP contribution in [0.25, 0.3) is 0 Å². The minimum atomic E-state index is -2.10. The molecule has 0 bridgehead atoms. The molecule has 0 spiro atoms. The number of benzene rings is 1. The third-order valence-electron chi connectivity index (χ3n) is 1.24. The van der Waals surface area contributed by atoms with Gasteiger partial charge in [-0.1, -0.05) is 12.1 Å². The highest BCUT2D eigenvalue weighted by Crippen LogP contribution is 2.30. The van der Waals surface area contributed by atoms with E-state index in [-0.39, 0.29) is 0 Å². The highest BCUT2D eigenvalue weighted by molar-refractivity contribution is 7.33. The van der Waals surface area contributed by atoms with E-state index in [4.69, 9.17) is 10.3 Å². The Morgan fingerprint density at radius 2 is 2.08 bits per heavy atom. The standard InChI is InChI=1S/C7H9NO3P/c1-10-12(9)11-7-5-3-2-4-6(7)8/h2-5H,8H2,1H3/q+1. The van der Waals surface area contributed by atoms with Crippen LogP contribution < -0.4 is 10.3 Å². The van der Waals surface area contributed by atoms with Crippen LogP contribution >= 0.6 is 8.25 Å². The van der Waals surface area contributed by atoms with Crippen LogP contribution in [-0.4, -0.2) is 7.11 Å².